The van der Waals surface area contributed by atoms with Crippen LogP contribution in [0.5, 0.6) is 11.5 Å². The predicted octanol–water partition coefficient (Wildman–Crippen LogP) is 3.32. The number of hydrogen-bond donors (Lipinski definition) is 1. The summed E-state index contributed by atoms with van der Waals surface area (Å²) in [7, 11) is 1.38. The molecule has 2 aromatic carbocycles. The van der Waals surface area contributed by atoms with Crippen LogP contribution in [-0.4, -0.2) is 37.5 Å². The molecule has 2 aromatic rings. The molecule has 0 bridgehead atoms. The number of carbonyl (C=O) groups is 1. The van der Waals surface area contributed by atoms with Crippen molar-refractivity contribution in [2.24, 2.45) is 0 Å². The molecule has 0 aliphatic rings. The molecule has 0 heterocycles. The van der Waals surface area contributed by atoms with Crippen LogP contribution in [0.25, 0.3) is 0 Å². The molecule has 1 unspecified atom stereocenters. The fourth-order valence-electron chi connectivity index (χ4n) is 2.20. The maximum absolute atomic E-state index is 13.0. The van der Waals surface area contributed by atoms with Crippen LogP contribution in [0.1, 0.15) is 12.0 Å². The van der Waals surface area contributed by atoms with Crippen LogP contribution in [0.15, 0.2) is 48.5 Å². The van der Waals surface area contributed by atoms with Gasteiger partial charge in [0.05, 0.1) is 13.2 Å². The molecule has 0 aromatic heterocycles. The maximum Gasteiger partial charge on any atom is 0.333 e. The van der Waals surface area contributed by atoms with Crippen molar-refractivity contribution in [2.75, 3.05) is 20.3 Å². The minimum atomic E-state index is -0.985. The second kappa shape index (κ2) is 9.64. The lowest BCUT2D eigenvalue weighted by atomic mass is 10.1. The Labute approximate surface area is 146 Å². The monoisotopic (exact) mass is 348 g/mol. The van der Waals surface area contributed by atoms with Gasteiger partial charge in [0, 0.05) is 26.0 Å². The Morgan fingerprint density at radius 2 is 1.76 bits per heavy atom. The molecule has 25 heavy (non-hydrogen) atoms. The quantitative estimate of drug-likeness (QED) is 0.667. The number of rotatable bonds is 10. The summed E-state index contributed by atoms with van der Waals surface area (Å²) in [6, 6.07) is 13.2. The van der Waals surface area contributed by atoms with Gasteiger partial charge >= 0.3 is 5.97 Å². The van der Waals surface area contributed by atoms with E-state index in [4.69, 9.17) is 19.3 Å². The van der Waals surface area contributed by atoms with E-state index in [1.807, 2.05) is 12.1 Å². The van der Waals surface area contributed by atoms with Crippen molar-refractivity contribution in [3.63, 3.8) is 0 Å². The lowest BCUT2D eigenvalue weighted by Crippen LogP contribution is -2.24. The van der Waals surface area contributed by atoms with Crippen molar-refractivity contribution in [3.05, 3.63) is 59.9 Å². The highest BCUT2D eigenvalue weighted by Gasteiger charge is 2.16. The topological polar surface area (TPSA) is 65.0 Å². The summed E-state index contributed by atoms with van der Waals surface area (Å²) < 4.78 is 28.9. The number of benzene rings is 2. The third-order valence-electron chi connectivity index (χ3n) is 3.53. The summed E-state index contributed by atoms with van der Waals surface area (Å²) in [5.74, 6) is -0.122. The number of aliphatic carboxylic acids is 1. The van der Waals surface area contributed by atoms with Crippen LogP contribution in [0.4, 0.5) is 4.39 Å². The highest BCUT2D eigenvalue weighted by molar-refractivity contribution is 5.72. The molecule has 6 heteroatoms. The van der Waals surface area contributed by atoms with Crippen LogP contribution in [0.2, 0.25) is 0 Å². The molecule has 0 spiro atoms. The van der Waals surface area contributed by atoms with Gasteiger partial charge < -0.3 is 19.3 Å². The Hall–Kier alpha value is -2.60. The summed E-state index contributed by atoms with van der Waals surface area (Å²) in [5.41, 5.74) is 0.857. The Bertz CT molecular complexity index is 672. The van der Waals surface area contributed by atoms with Crippen molar-refractivity contribution < 1.29 is 28.5 Å². The van der Waals surface area contributed by atoms with E-state index in [1.165, 1.54) is 19.2 Å². The first-order chi connectivity index (χ1) is 12.1. The van der Waals surface area contributed by atoms with Gasteiger partial charge in [-0.05, 0) is 29.8 Å². The van der Waals surface area contributed by atoms with Crippen molar-refractivity contribution in [2.45, 2.75) is 18.9 Å². The lowest BCUT2D eigenvalue weighted by Gasteiger charge is -2.11. The molecule has 0 aliphatic carbocycles. The Morgan fingerprint density at radius 1 is 1.08 bits per heavy atom. The third kappa shape index (κ3) is 6.43. The number of carboxylic acid groups (broad SMARTS) is 1. The molecule has 1 N–H and O–H groups in total. The van der Waals surface area contributed by atoms with Crippen molar-refractivity contribution in [1.29, 1.82) is 0 Å². The highest BCUT2D eigenvalue weighted by atomic mass is 19.1. The fraction of sp³-hybridized carbons (Fsp3) is 0.316. The molecule has 134 valence electrons. The summed E-state index contributed by atoms with van der Waals surface area (Å²) >= 11 is 0. The van der Waals surface area contributed by atoms with Gasteiger partial charge in [-0.15, -0.1) is 0 Å². The van der Waals surface area contributed by atoms with E-state index in [1.54, 1.807) is 24.3 Å². The average Bonchev–Trinajstić information content (AvgIpc) is 2.60. The number of carboxylic acids is 1. The van der Waals surface area contributed by atoms with Gasteiger partial charge in [0.15, 0.2) is 6.10 Å². The van der Waals surface area contributed by atoms with Gasteiger partial charge in [-0.1, -0.05) is 18.2 Å². The minimum Gasteiger partial charge on any atom is -0.493 e. The number of hydrogen-bond acceptors (Lipinski definition) is 4. The second-order valence-electron chi connectivity index (χ2n) is 5.42. The van der Waals surface area contributed by atoms with E-state index in [9.17, 15) is 9.18 Å². The van der Waals surface area contributed by atoms with Crippen LogP contribution < -0.4 is 9.47 Å². The Morgan fingerprint density at radius 3 is 2.36 bits per heavy atom. The van der Waals surface area contributed by atoms with E-state index < -0.39 is 12.1 Å². The lowest BCUT2D eigenvalue weighted by molar-refractivity contribution is -0.148. The highest BCUT2D eigenvalue weighted by Crippen LogP contribution is 2.15. The molecule has 0 fully saturated rings. The first kappa shape index (κ1) is 18.7. The summed E-state index contributed by atoms with van der Waals surface area (Å²) in [4.78, 5) is 10.9. The van der Waals surface area contributed by atoms with Crippen LogP contribution in [0.3, 0.4) is 0 Å². The molecule has 0 saturated heterocycles. The van der Waals surface area contributed by atoms with E-state index >= 15 is 0 Å². The van der Waals surface area contributed by atoms with Crippen molar-refractivity contribution >= 4 is 5.97 Å². The third-order valence-corrected chi connectivity index (χ3v) is 3.53. The Balaban J connectivity index is 1.70. The summed E-state index contributed by atoms with van der Waals surface area (Å²) in [5, 5.41) is 8.97. The smallest absolute Gasteiger partial charge is 0.333 e. The minimum absolute atomic E-state index is 0.299. The maximum atomic E-state index is 13.0. The number of halogens is 1. The average molecular weight is 348 g/mol. The van der Waals surface area contributed by atoms with Crippen LogP contribution >= 0.6 is 0 Å². The first-order valence-corrected chi connectivity index (χ1v) is 7.94. The largest absolute Gasteiger partial charge is 0.493 e. The number of ether oxygens (including phenoxy) is 3. The van der Waals surface area contributed by atoms with Gasteiger partial charge in [0.25, 0.3) is 0 Å². The summed E-state index contributed by atoms with van der Waals surface area (Å²) in [6.45, 7) is 0.889. The molecular weight excluding hydrogens is 327 g/mol. The predicted molar refractivity (Wildman–Crippen MR) is 90.6 cm³/mol. The van der Waals surface area contributed by atoms with E-state index in [-0.39, 0.29) is 5.82 Å². The molecule has 0 aliphatic heterocycles. The zero-order valence-corrected chi connectivity index (χ0v) is 14.0. The van der Waals surface area contributed by atoms with Crippen molar-refractivity contribution in [1.82, 2.24) is 0 Å². The SMILES string of the molecule is COC(Cc1ccc(OCCCOc2cccc(F)c2)cc1)C(=O)O. The molecule has 5 nitrogen and oxygen atoms in total. The van der Waals surface area contributed by atoms with E-state index in [0.29, 0.717) is 37.6 Å². The molecule has 2 rings (SSSR count). The summed E-state index contributed by atoms with van der Waals surface area (Å²) in [6.07, 6.45) is 0.100. The fourth-order valence-corrected chi connectivity index (χ4v) is 2.20. The van der Waals surface area contributed by atoms with Gasteiger partial charge in [-0.2, -0.15) is 0 Å². The van der Waals surface area contributed by atoms with Gasteiger partial charge in [-0.25, -0.2) is 9.18 Å². The first-order valence-electron chi connectivity index (χ1n) is 7.94. The molecule has 0 saturated carbocycles. The Kier molecular flexibility index (Phi) is 7.22. The second-order valence-corrected chi connectivity index (χ2v) is 5.42. The van der Waals surface area contributed by atoms with E-state index in [0.717, 1.165) is 5.56 Å². The van der Waals surface area contributed by atoms with Gasteiger partial charge in [0.2, 0.25) is 0 Å². The van der Waals surface area contributed by atoms with Crippen LogP contribution in [-0.2, 0) is 16.0 Å². The number of methoxy groups -OCH3 is 1. The zero-order valence-electron chi connectivity index (χ0n) is 14.0. The molecule has 1 atom stereocenters. The zero-order chi connectivity index (χ0) is 18.1. The molecule has 0 amide bonds. The van der Waals surface area contributed by atoms with E-state index in [2.05, 4.69) is 0 Å². The van der Waals surface area contributed by atoms with Crippen molar-refractivity contribution in [3.8, 4) is 11.5 Å². The van der Waals surface area contributed by atoms with Gasteiger partial charge in [-0.3, -0.25) is 0 Å². The normalized spacial score (nSPS) is 11.8. The van der Waals surface area contributed by atoms with Gasteiger partial charge in [0.1, 0.15) is 17.3 Å². The van der Waals surface area contributed by atoms with Crippen LogP contribution in [0, 0.1) is 5.82 Å². The molecule has 0 radical (unpaired) electrons. The standard InChI is InChI=1S/C19H21FO5/c1-23-18(19(21)22)12-14-6-8-16(9-7-14)24-10-3-11-25-17-5-2-4-15(20)13-17/h2,4-9,13,18H,3,10-12H2,1H3,(H,21,22). The molecular formula is C19H21FO5.